The molecule has 3 aliphatic heterocycles. The highest BCUT2D eigenvalue weighted by Crippen LogP contribution is 2.30. The number of nitrogens with zero attached hydrogens (tertiary/aromatic N) is 5. The number of rotatable bonds is 5. The molecule has 5 heterocycles. The third-order valence-electron chi connectivity index (χ3n) is 6.17. The maximum absolute atomic E-state index is 4.97. The molecule has 0 aliphatic carbocycles. The molecule has 1 aromatic carbocycles. The van der Waals surface area contributed by atoms with Gasteiger partial charge in [0.05, 0.1) is 28.8 Å². The van der Waals surface area contributed by atoms with E-state index >= 15 is 0 Å². The fraction of sp³-hybridized carbons (Fsp3) is 0.524. The molecule has 2 bridgehead atoms. The number of thiazole rings is 1. The lowest BCUT2D eigenvalue weighted by atomic mass is 9.95. The van der Waals surface area contributed by atoms with Gasteiger partial charge in [0.25, 0.3) is 0 Å². The minimum atomic E-state index is 0.632. The Hall–Kier alpha value is -1.76. The molecule has 3 aromatic rings. The standard InChI is InChI=1S/C21H27N5S/c1-2-26-20-6-4-3-5-19(20)23-21(26)13-25-10-16-7-8-18(25)12-24(9-16)11-17-14-27-15-22-17/h3-6,14-16,18H,2,7-13H2,1H3/t16-,18+/m0/s1. The lowest BCUT2D eigenvalue weighted by molar-refractivity contribution is 0.118. The highest BCUT2D eigenvalue weighted by atomic mass is 32.1. The summed E-state index contributed by atoms with van der Waals surface area (Å²) in [7, 11) is 0. The fourth-order valence-electron chi connectivity index (χ4n) is 4.92. The average Bonchev–Trinajstić information content (AvgIpc) is 3.21. The monoisotopic (exact) mass is 381 g/mol. The zero-order chi connectivity index (χ0) is 18.2. The number of aromatic nitrogens is 3. The van der Waals surface area contributed by atoms with Crippen LogP contribution in [0.15, 0.2) is 35.2 Å². The van der Waals surface area contributed by atoms with Crippen molar-refractivity contribution in [3.63, 3.8) is 0 Å². The van der Waals surface area contributed by atoms with Crippen LogP contribution in [0, 0.1) is 5.92 Å². The van der Waals surface area contributed by atoms with E-state index in [1.165, 1.54) is 43.0 Å². The number of imidazole rings is 1. The number of piperidine rings is 1. The molecule has 2 aromatic heterocycles. The number of fused-ring (bicyclic) bond motifs is 5. The molecule has 0 saturated carbocycles. The van der Waals surface area contributed by atoms with Crippen LogP contribution in [-0.2, 0) is 19.6 Å². The Morgan fingerprint density at radius 1 is 1.11 bits per heavy atom. The number of aryl methyl sites for hydroxylation is 1. The third-order valence-corrected chi connectivity index (χ3v) is 6.80. The molecule has 2 atom stereocenters. The zero-order valence-electron chi connectivity index (χ0n) is 15.9. The molecular weight excluding hydrogens is 354 g/mol. The van der Waals surface area contributed by atoms with E-state index < -0.39 is 0 Å². The van der Waals surface area contributed by atoms with E-state index in [1.54, 1.807) is 11.3 Å². The second kappa shape index (κ2) is 7.34. The molecule has 0 radical (unpaired) electrons. The quantitative estimate of drug-likeness (QED) is 0.677. The lowest BCUT2D eigenvalue weighted by Gasteiger charge is -2.36. The molecule has 0 spiro atoms. The van der Waals surface area contributed by atoms with Gasteiger partial charge in [-0.15, -0.1) is 11.3 Å². The average molecular weight is 382 g/mol. The topological polar surface area (TPSA) is 37.2 Å². The summed E-state index contributed by atoms with van der Waals surface area (Å²) >= 11 is 1.70. The van der Waals surface area contributed by atoms with Gasteiger partial charge in [-0.05, 0) is 37.8 Å². The van der Waals surface area contributed by atoms with Crippen molar-refractivity contribution in [2.75, 3.05) is 19.6 Å². The summed E-state index contributed by atoms with van der Waals surface area (Å²) in [6.45, 7) is 8.72. The van der Waals surface area contributed by atoms with E-state index in [2.05, 4.69) is 55.9 Å². The third kappa shape index (κ3) is 3.42. The number of hydrogen-bond donors (Lipinski definition) is 0. The van der Waals surface area contributed by atoms with Gasteiger partial charge in [0, 0.05) is 44.1 Å². The highest BCUT2D eigenvalue weighted by molar-refractivity contribution is 7.07. The first kappa shape index (κ1) is 17.3. The summed E-state index contributed by atoms with van der Waals surface area (Å²) in [5, 5.41) is 2.19. The van der Waals surface area contributed by atoms with Crippen LogP contribution in [0.3, 0.4) is 0 Å². The van der Waals surface area contributed by atoms with Crippen LogP contribution >= 0.6 is 11.3 Å². The summed E-state index contributed by atoms with van der Waals surface area (Å²) in [5.74, 6) is 1.99. The zero-order valence-corrected chi connectivity index (χ0v) is 16.7. The maximum atomic E-state index is 4.97. The number of hydrogen-bond acceptors (Lipinski definition) is 5. The number of benzene rings is 1. The molecule has 6 heteroatoms. The second-order valence-corrected chi connectivity index (χ2v) is 8.68. The minimum Gasteiger partial charge on any atom is -0.327 e. The predicted octanol–water partition coefficient (Wildman–Crippen LogP) is 3.61. The van der Waals surface area contributed by atoms with Crippen molar-refractivity contribution in [3.05, 3.63) is 46.7 Å². The normalized spacial score (nSPS) is 23.9. The van der Waals surface area contributed by atoms with Crippen molar-refractivity contribution in [2.24, 2.45) is 5.92 Å². The summed E-state index contributed by atoms with van der Waals surface area (Å²) in [6.07, 6.45) is 2.67. The van der Waals surface area contributed by atoms with Crippen molar-refractivity contribution < 1.29 is 0 Å². The molecule has 0 N–H and O–H groups in total. The van der Waals surface area contributed by atoms with Crippen LogP contribution in [0.4, 0.5) is 0 Å². The van der Waals surface area contributed by atoms with Crippen molar-refractivity contribution in [3.8, 4) is 0 Å². The molecule has 0 amide bonds. The van der Waals surface area contributed by atoms with E-state index in [0.717, 1.165) is 37.6 Å². The van der Waals surface area contributed by atoms with Crippen LogP contribution in [0.5, 0.6) is 0 Å². The molecule has 3 saturated heterocycles. The van der Waals surface area contributed by atoms with E-state index in [-0.39, 0.29) is 0 Å². The fourth-order valence-corrected chi connectivity index (χ4v) is 5.47. The summed E-state index contributed by atoms with van der Waals surface area (Å²) < 4.78 is 2.39. The molecule has 142 valence electrons. The first-order valence-electron chi connectivity index (χ1n) is 10.1. The van der Waals surface area contributed by atoms with Crippen LogP contribution in [-0.4, -0.2) is 50.0 Å². The largest absolute Gasteiger partial charge is 0.327 e. The van der Waals surface area contributed by atoms with Crippen molar-refractivity contribution in [2.45, 2.75) is 45.4 Å². The molecule has 6 rings (SSSR count). The summed E-state index contributed by atoms with van der Waals surface area (Å²) in [4.78, 5) is 14.8. The Kier molecular flexibility index (Phi) is 4.71. The Morgan fingerprint density at radius 3 is 2.89 bits per heavy atom. The Labute approximate surface area is 164 Å². The van der Waals surface area contributed by atoms with Crippen LogP contribution in [0.1, 0.15) is 31.3 Å². The molecule has 3 aliphatic rings. The van der Waals surface area contributed by atoms with Crippen LogP contribution in [0.25, 0.3) is 11.0 Å². The lowest BCUT2D eigenvalue weighted by Crippen LogP contribution is -2.43. The van der Waals surface area contributed by atoms with E-state index in [9.17, 15) is 0 Å². The van der Waals surface area contributed by atoms with E-state index in [1.807, 2.05) is 5.51 Å². The number of para-hydroxylation sites is 2. The maximum Gasteiger partial charge on any atom is 0.124 e. The molecule has 5 nitrogen and oxygen atoms in total. The molecule has 3 fully saturated rings. The van der Waals surface area contributed by atoms with Gasteiger partial charge in [-0.3, -0.25) is 9.80 Å². The molecule has 27 heavy (non-hydrogen) atoms. The van der Waals surface area contributed by atoms with Crippen molar-refractivity contribution in [1.82, 2.24) is 24.3 Å². The molecule has 0 unspecified atom stereocenters. The van der Waals surface area contributed by atoms with Gasteiger partial charge in [-0.2, -0.15) is 0 Å². The summed E-state index contributed by atoms with van der Waals surface area (Å²) in [6, 6.07) is 9.16. The Bertz CT molecular complexity index is 903. The van der Waals surface area contributed by atoms with Crippen LogP contribution < -0.4 is 0 Å². The van der Waals surface area contributed by atoms with Gasteiger partial charge in [-0.1, -0.05) is 12.1 Å². The van der Waals surface area contributed by atoms with Crippen LogP contribution in [0.2, 0.25) is 0 Å². The predicted molar refractivity (Wildman–Crippen MR) is 110 cm³/mol. The molecular formula is C21H27N5S. The first-order valence-corrected chi connectivity index (χ1v) is 11.0. The minimum absolute atomic E-state index is 0.632. The summed E-state index contributed by atoms with van der Waals surface area (Å²) in [5.41, 5.74) is 5.56. The van der Waals surface area contributed by atoms with Gasteiger partial charge < -0.3 is 4.57 Å². The highest BCUT2D eigenvalue weighted by Gasteiger charge is 2.35. The SMILES string of the molecule is CCn1c(CN2C[C@H]3CC[C@@H]2CN(Cc2cscn2)C3)nc2ccccc21. The van der Waals surface area contributed by atoms with Gasteiger partial charge in [0.1, 0.15) is 5.82 Å². The second-order valence-electron chi connectivity index (χ2n) is 7.96. The smallest absolute Gasteiger partial charge is 0.124 e. The van der Waals surface area contributed by atoms with Gasteiger partial charge in [0.15, 0.2) is 0 Å². The van der Waals surface area contributed by atoms with Gasteiger partial charge in [-0.25, -0.2) is 9.97 Å². The van der Waals surface area contributed by atoms with E-state index in [4.69, 9.17) is 4.98 Å². The van der Waals surface area contributed by atoms with Crippen molar-refractivity contribution in [1.29, 1.82) is 0 Å². The van der Waals surface area contributed by atoms with Gasteiger partial charge >= 0.3 is 0 Å². The first-order chi connectivity index (χ1) is 13.3. The Morgan fingerprint density at radius 2 is 2.04 bits per heavy atom. The van der Waals surface area contributed by atoms with Gasteiger partial charge in [0.2, 0.25) is 0 Å². The van der Waals surface area contributed by atoms with Crippen molar-refractivity contribution >= 4 is 22.4 Å². The Balaban J connectivity index is 1.36. The van der Waals surface area contributed by atoms with E-state index in [0.29, 0.717) is 6.04 Å².